The number of unbranched alkanes of at least 4 members (excludes halogenated alkanes) is 14. The Balaban J connectivity index is 3.12. The van der Waals surface area contributed by atoms with Gasteiger partial charge in [-0.05, 0) is 6.42 Å². The summed E-state index contributed by atoms with van der Waals surface area (Å²) in [6, 6.07) is 0. The normalized spacial score (nSPS) is 11.5. The molecule has 14 nitrogen and oxygen atoms in total. The number of hydrogen-bond donors (Lipinski definition) is 1. The van der Waals surface area contributed by atoms with Crippen LogP contribution in [0.25, 0.3) is 0 Å². The molecule has 1 N–H and O–H groups in total. The Morgan fingerprint density at radius 3 is 0.768 bits per heavy atom. The molecule has 0 aliphatic carbocycles. The Morgan fingerprint density at radius 1 is 0.304 bits per heavy atom. The highest BCUT2D eigenvalue weighted by atomic mass is 16.6. The van der Waals surface area contributed by atoms with E-state index in [2.05, 4.69) is 6.92 Å². The monoisotopic (exact) mass is 813 g/mol. The second-order valence-electron chi connectivity index (χ2n) is 13.4. The van der Waals surface area contributed by atoms with Gasteiger partial charge in [0, 0.05) is 6.42 Å². The van der Waals surface area contributed by atoms with Crippen LogP contribution in [0.1, 0.15) is 110 Å². The van der Waals surface area contributed by atoms with Crippen molar-refractivity contribution >= 4 is 5.97 Å². The van der Waals surface area contributed by atoms with E-state index in [1.165, 1.54) is 83.5 Å². The maximum Gasteiger partial charge on any atom is 0.305 e. The van der Waals surface area contributed by atoms with E-state index in [1.807, 2.05) is 0 Å². The largest absolute Gasteiger partial charge is 0.463 e. The molecule has 0 heterocycles. The summed E-state index contributed by atoms with van der Waals surface area (Å²) in [7, 11) is 0. The first-order valence-electron chi connectivity index (χ1n) is 21.9. The van der Waals surface area contributed by atoms with Crippen LogP contribution in [0.5, 0.6) is 0 Å². The molecule has 0 aliphatic rings. The smallest absolute Gasteiger partial charge is 0.305 e. The van der Waals surface area contributed by atoms with Crippen LogP contribution >= 0.6 is 0 Å². The van der Waals surface area contributed by atoms with Gasteiger partial charge in [-0.3, -0.25) is 4.79 Å². The summed E-state index contributed by atoms with van der Waals surface area (Å²) in [5.74, 6) is -0.132. The lowest BCUT2D eigenvalue weighted by Crippen LogP contribution is -2.15. The lowest BCUT2D eigenvalue weighted by molar-refractivity contribution is -0.145. The maximum atomic E-state index is 11.9. The zero-order valence-corrected chi connectivity index (χ0v) is 35.5. The molecule has 0 unspecified atom stereocenters. The molecule has 0 bridgehead atoms. The molecular formula is C42H84O14. The molecule has 0 rings (SSSR count). The fourth-order valence-electron chi connectivity index (χ4n) is 5.29. The van der Waals surface area contributed by atoms with Gasteiger partial charge in [-0.2, -0.15) is 0 Å². The van der Waals surface area contributed by atoms with E-state index in [-0.39, 0.29) is 19.2 Å². The second-order valence-corrected chi connectivity index (χ2v) is 13.4. The maximum absolute atomic E-state index is 11.9. The van der Waals surface area contributed by atoms with Gasteiger partial charge in [0.2, 0.25) is 0 Å². The van der Waals surface area contributed by atoms with Crippen molar-refractivity contribution in [2.75, 3.05) is 159 Å². The average molecular weight is 813 g/mol. The van der Waals surface area contributed by atoms with E-state index in [0.717, 1.165) is 12.8 Å². The highest BCUT2D eigenvalue weighted by molar-refractivity contribution is 5.69. The molecule has 0 saturated heterocycles. The third kappa shape index (κ3) is 51.0. The molecule has 56 heavy (non-hydrogen) atoms. The molecule has 336 valence electrons. The minimum absolute atomic E-state index is 0.0231. The fourth-order valence-corrected chi connectivity index (χ4v) is 5.29. The predicted molar refractivity (Wildman–Crippen MR) is 217 cm³/mol. The number of ether oxygens (including phenoxy) is 12. The summed E-state index contributed by atoms with van der Waals surface area (Å²) in [5.41, 5.74) is 0. The van der Waals surface area contributed by atoms with E-state index in [9.17, 15) is 4.79 Å². The van der Waals surface area contributed by atoms with Gasteiger partial charge in [0.15, 0.2) is 0 Å². The minimum Gasteiger partial charge on any atom is -0.463 e. The van der Waals surface area contributed by atoms with Crippen molar-refractivity contribution in [3.05, 3.63) is 0 Å². The number of aliphatic hydroxyl groups excluding tert-OH is 1. The number of carbonyl (C=O) groups excluding carboxylic acids is 1. The number of aliphatic hydroxyl groups is 1. The van der Waals surface area contributed by atoms with Crippen LogP contribution in [-0.2, 0) is 61.6 Å². The average Bonchev–Trinajstić information content (AvgIpc) is 3.20. The topological polar surface area (TPSA) is 148 Å². The van der Waals surface area contributed by atoms with Crippen molar-refractivity contribution in [1.29, 1.82) is 0 Å². The van der Waals surface area contributed by atoms with Crippen LogP contribution in [0.4, 0.5) is 0 Å². The van der Waals surface area contributed by atoms with Crippen molar-refractivity contribution < 1.29 is 66.7 Å². The standard InChI is InChI=1S/C42H84O14/c1-2-3-4-5-6-7-8-9-10-11-12-13-14-15-16-17-42(44)56-41-40-55-39-38-54-37-36-53-35-34-52-33-32-51-31-30-50-29-28-49-27-26-48-25-24-47-23-22-46-21-20-45-19-18-43/h43H,2-41H2,1H3. The van der Waals surface area contributed by atoms with Crippen LogP contribution in [0, 0.1) is 0 Å². The van der Waals surface area contributed by atoms with E-state index in [0.29, 0.717) is 152 Å². The van der Waals surface area contributed by atoms with Crippen molar-refractivity contribution in [3.8, 4) is 0 Å². The molecule has 0 aromatic heterocycles. The third-order valence-electron chi connectivity index (χ3n) is 8.43. The van der Waals surface area contributed by atoms with Gasteiger partial charge in [0.25, 0.3) is 0 Å². The third-order valence-corrected chi connectivity index (χ3v) is 8.43. The van der Waals surface area contributed by atoms with Crippen LogP contribution in [-0.4, -0.2) is 170 Å². The van der Waals surface area contributed by atoms with Crippen LogP contribution in [0.3, 0.4) is 0 Å². The summed E-state index contributed by atoms with van der Waals surface area (Å²) < 4.78 is 65.0. The number of esters is 1. The lowest BCUT2D eigenvalue weighted by atomic mass is 10.0. The SMILES string of the molecule is CCCCCCCCCCCCCCCCCC(=O)OCCOCCOCCOCCOCCOCCOCCOCCOCCOCCOCCOCCO. The Kier molecular flexibility index (Phi) is 51.1. The van der Waals surface area contributed by atoms with Crippen molar-refractivity contribution in [3.63, 3.8) is 0 Å². The molecular weight excluding hydrogens is 728 g/mol. The van der Waals surface area contributed by atoms with Crippen molar-refractivity contribution in [2.24, 2.45) is 0 Å². The van der Waals surface area contributed by atoms with Crippen molar-refractivity contribution in [2.45, 2.75) is 110 Å². The summed E-state index contributed by atoms with van der Waals surface area (Å²) in [6.45, 7) is 13.1. The number of hydrogen-bond acceptors (Lipinski definition) is 14. The molecule has 0 saturated carbocycles. The molecule has 0 aliphatic heterocycles. The Labute approximate surface area is 340 Å². The molecule has 0 aromatic rings. The first kappa shape index (κ1) is 55.0. The summed E-state index contributed by atoms with van der Waals surface area (Å²) >= 11 is 0. The Hall–Kier alpha value is -1.01. The number of rotatable bonds is 51. The summed E-state index contributed by atoms with van der Waals surface area (Å²) in [5, 5.41) is 8.59. The fraction of sp³-hybridized carbons (Fsp3) is 0.976. The van der Waals surface area contributed by atoms with Gasteiger partial charge < -0.3 is 61.9 Å². The van der Waals surface area contributed by atoms with Gasteiger partial charge in [0.1, 0.15) is 6.61 Å². The first-order valence-corrected chi connectivity index (χ1v) is 21.9. The van der Waals surface area contributed by atoms with Gasteiger partial charge in [-0.1, -0.05) is 96.8 Å². The molecule has 0 aromatic carbocycles. The highest BCUT2D eigenvalue weighted by Crippen LogP contribution is 2.14. The molecule has 0 spiro atoms. The second kappa shape index (κ2) is 52.0. The van der Waals surface area contributed by atoms with Crippen LogP contribution in [0.2, 0.25) is 0 Å². The van der Waals surface area contributed by atoms with E-state index >= 15 is 0 Å². The summed E-state index contributed by atoms with van der Waals surface area (Å²) in [6.07, 6.45) is 20.2. The zero-order valence-electron chi connectivity index (χ0n) is 35.5. The summed E-state index contributed by atoms with van der Waals surface area (Å²) in [4.78, 5) is 11.9. The van der Waals surface area contributed by atoms with Gasteiger partial charge in [0.05, 0.1) is 152 Å². The van der Waals surface area contributed by atoms with Crippen LogP contribution in [0.15, 0.2) is 0 Å². The molecule has 0 amide bonds. The highest BCUT2D eigenvalue weighted by Gasteiger charge is 2.03. The quantitative estimate of drug-likeness (QED) is 0.0569. The van der Waals surface area contributed by atoms with Crippen molar-refractivity contribution in [1.82, 2.24) is 0 Å². The zero-order chi connectivity index (χ0) is 40.3. The molecule has 0 fully saturated rings. The lowest BCUT2D eigenvalue weighted by Gasteiger charge is -2.09. The van der Waals surface area contributed by atoms with E-state index in [4.69, 9.17) is 61.9 Å². The van der Waals surface area contributed by atoms with E-state index in [1.54, 1.807) is 0 Å². The van der Waals surface area contributed by atoms with Gasteiger partial charge >= 0.3 is 5.97 Å². The predicted octanol–water partition coefficient (Wildman–Crippen LogP) is 5.97. The molecule has 0 radical (unpaired) electrons. The van der Waals surface area contributed by atoms with Gasteiger partial charge in [-0.25, -0.2) is 0 Å². The first-order chi connectivity index (χ1) is 27.8. The number of carbonyl (C=O) groups is 1. The van der Waals surface area contributed by atoms with E-state index < -0.39 is 0 Å². The Bertz CT molecular complexity index is 721. The Morgan fingerprint density at radius 2 is 0.518 bits per heavy atom. The molecule has 14 heteroatoms. The molecule has 0 atom stereocenters. The van der Waals surface area contributed by atoms with Crippen LogP contribution < -0.4 is 0 Å². The van der Waals surface area contributed by atoms with Gasteiger partial charge in [-0.15, -0.1) is 0 Å². The minimum atomic E-state index is -0.132.